The molecule has 0 aromatic heterocycles. The van der Waals surface area contributed by atoms with Crippen LogP contribution >= 0.6 is 0 Å². The topological polar surface area (TPSA) is 89.5 Å². The van der Waals surface area contributed by atoms with Gasteiger partial charge < -0.3 is 28.4 Å². The SMILES string of the molecule is COC(=O)CC[C@@H](Cc1cc(OC)cc(OC)c1)[C@H](Cc1cc(OC)cc(OC)c1)C(=O)OC. The average Bonchev–Trinajstić information content (AvgIpc) is 2.88. The van der Waals surface area contributed by atoms with E-state index in [2.05, 4.69) is 0 Å². The summed E-state index contributed by atoms with van der Waals surface area (Å²) in [4.78, 5) is 24.9. The summed E-state index contributed by atoms with van der Waals surface area (Å²) in [6.07, 6.45) is 1.50. The Morgan fingerprint density at radius 3 is 1.47 bits per heavy atom. The molecular weight excluding hydrogens is 440 g/mol. The van der Waals surface area contributed by atoms with E-state index < -0.39 is 5.92 Å². The molecule has 2 aromatic carbocycles. The summed E-state index contributed by atoms with van der Waals surface area (Å²) in [5.74, 6) is 1.11. The van der Waals surface area contributed by atoms with Crippen molar-refractivity contribution in [3.05, 3.63) is 47.5 Å². The molecule has 2 aromatic rings. The van der Waals surface area contributed by atoms with Crippen molar-refractivity contribution in [3.63, 3.8) is 0 Å². The van der Waals surface area contributed by atoms with E-state index in [1.807, 2.05) is 24.3 Å². The summed E-state index contributed by atoms with van der Waals surface area (Å²) in [5, 5.41) is 0. The van der Waals surface area contributed by atoms with Crippen LogP contribution in [0.5, 0.6) is 23.0 Å². The number of ether oxygens (including phenoxy) is 6. The molecule has 0 radical (unpaired) electrons. The first-order valence-corrected chi connectivity index (χ1v) is 11.0. The van der Waals surface area contributed by atoms with Crippen molar-refractivity contribution in [1.29, 1.82) is 0 Å². The Balaban J connectivity index is 2.44. The Morgan fingerprint density at radius 2 is 1.09 bits per heavy atom. The van der Waals surface area contributed by atoms with Crippen LogP contribution in [0.3, 0.4) is 0 Å². The van der Waals surface area contributed by atoms with Gasteiger partial charge in [0.15, 0.2) is 0 Å². The first-order valence-electron chi connectivity index (χ1n) is 11.0. The van der Waals surface area contributed by atoms with Crippen molar-refractivity contribution < 1.29 is 38.0 Å². The van der Waals surface area contributed by atoms with E-state index >= 15 is 0 Å². The van der Waals surface area contributed by atoms with Crippen LogP contribution in [-0.4, -0.2) is 54.6 Å². The fourth-order valence-corrected chi connectivity index (χ4v) is 3.97. The van der Waals surface area contributed by atoms with Gasteiger partial charge in [0, 0.05) is 18.6 Å². The van der Waals surface area contributed by atoms with E-state index in [1.165, 1.54) is 14.2 Å². The predicted octanol–water partition coefficient (Wildman–Crippen LogP) is 3.86. The fraction of sp³-hybridized carbons (Fsp3) is 0.462. The van der Waals surface area contributed by atoms with Crippen molar-refractivity contribution in [1.82, 2.24) is 0 Å². The monoisotopic (exact) mass is 474 g/mol. The number of hydrogen-bond donors (Lipinski definition) is 0. The maximum atomic E-state index is 13.0. The fourth-order valence-electron chi connectivity index (χ4n) is 3.97. The standard InChI is InChI=1S/C26H34O8/c1-29-20-10-17(11-21(15-20)30-2)9-19(7-8-25(27)33-5)24(26(28)34-6)14-18-12-22(31-3)16-23(13-18)32-4/h10-13,15-16,19,24H,7-9,14H2,1-6H3/t19-,24-/m0/s1. The van der Waals surface area contributed by atoms with Gasteiger partial charge in [-0.2, -0.15) is 0 Å². The lowest BCUT2D eigenvalue weighted by Gasteiger charge is -2.26. The highest BCUT2D eigenvalue weighted by atomic mass is 16.5. The largest absolute Gasteiger partial charge is 0.497 e. The van der Waals surface area contributed by atoms with Gasteiger partial charge >= 0.3 is 11.9 Å². The van der Waals surface area contributed by atoms with E-state index in [-0.39, 0.29) is 24.3 Å². The number of benzene rings is 2. The number of hydrogen-bond acceptors (Lipinski definition) is 8. The molecule has 34 heavy (non-hydrogen) atoms. The molecule has 2 rings (SSSR count). The second kappa shape index (κ2) is 13.3. The lowest BCUT2D eigenvalue weighted by molar-refractivity contribution is -0.148. The molecule has 0 heterocycles. The van der Waals surface area contributed by atoms with Gasteiger partial charge in [0.1, 0.15) is 23.0 Å². The Morgan fingerprint density at radius 1 is 0.647 bits per heavy atom. The van der Waals surface area contributed by atoms with Gasteiger partial charge in [0.2, 0.25) is 0 Å². The van der Waals surface area contributed by atoms with Crippen LogP contribution in [-0.2, 0) is 31.9 Å². The molecule has 0 amide bonds. The Hall–Kier alpha value is -3.42. The molecule has 0 aliphatic heterocycles. The van der Waals surface area contributed by atoms with E-state index in [0.29, 0.717) is 42.3 Å². The molecule has 0 saturated heterocycles. The third-order valence-electron chi connectivity index (χ3n) is 5.80. The third-order valence-corrected chi connectivity index (χ3v) is 5.80. The molecular formula is C26H34O8. The minimum absolute atomic E-state index is 0.178. The highest BCUT2D eigenvalue weighted by Crippen LogP contribution is 2.32. The molecule has 0 aliphatic rings. The van der Waals surface area contributed by atoms with Crippen LogP contribution in [0.4, 0.5) is 0 Å². The van der Waals surface area contributed by atoms with E-state index in [1.54, 1.807) is 40.6 Å². The molecule has 0 spiro atoms. The molecule has 186 valence electrons. The summed E-state index contributed by atoms with van der Waals surface area (Å²) in [6, 6.07) is 11.1. The van der Waals surface area contributed by atoms with Crippen LogP contribution in [0, 0.1) is 11.8 Å². The quantitative estimate of drug-likeness (QED) is 0.404. The minimum Gasteiger partial charge on any atom is -0.497 e. The lowest BCUT2D eigenvalue weighted by atomic mass is 9.80. The van der Waals surface area contributed by atoms with E-state index in [9.17, 15) is 9.59 Å². The van der Waals surface area contributed by atoms with Gasteiger partial charge in [-0.1, -0.05) is 0 Å². The van der Waals surface area contributed by atoms with Crippen LogP contribution < -0.4 is 18.9 Å². The molecule has 0 saturated carbocycles. The number of rotatable bonds is 13. The maximum Gasteiger partial charge on any atom is 0.309 e. The lowest BCUT2D eigenvalue weighted by Crippen LogP contribution is -2.29. The molecule has 0 aliphatic carbocycles. The van der Waals surface area contributed by atoms with E-state index in [0.717, 1.165) is 11.1 Å². The van der Waals surface area contributed by atoms with Gasteiger partial charge in [-0.3, -0.25) is 9.59 Å². The van der Waals surface area contributed by atoms with E-state index in [4.69, 9.17) is 28.4 Å². The van der Waals surface area contributed by atoms with Gasteiger partial charge in [-0.25, -0.2) is 0 Å². The van der Waals surface area contributed by atoms with Gasteiger partial charge in [-0.15, -0.1) is 0 Å². The van der Waals surface area contributed by atoms with Crippen molar-refractivity contribution >= 4 is 11.9 Å². The molecule has 0 N–H and O–H groups in total. The average molecular weight is 475 g/mol. The normalized spacial score (nSPS) is 12.3. The first kappa shape index (κ1) is 26.8. The molecule has 2 atom stereocenters. The third kappa shape index (κ3) is 7.57. The van der Waals surface area contributed by atoms with Crippen molar-refractivity contribution in [2.75, 3.05) is 42.7 Å². The predicted molar refractivity (Wildman–Crippen MR) is 127 cm³/mol. The highest BCUT2D eigenvalue weighted by Gasteiger charge is 2.31. The minimum atomic E-state index is -0.524. The summed E-state index contributed by atoms with van der Waals surface area (Å²) in [7, 11) is 9.04. The molecule has 8 nitrogen and oxygen atoms in total. The van der Waals surface area contributed by atoms with Crippen LogP contribution in [0.1, 0.15) is 24.0 Å². The first-order chi connectivity index (χ1) is 16.4. The second-order valence-corrected chi connectivity index (χ2v) is 7.85. The zero-order valence-corrected chi connectivity index (χ0v) is 20.7. The second-order valence-electron chi connectivity index (χ2n) is 7.85. The zero-order valence-electron chi connectivity index (χ0n) is 20.7. The zero-order chi connectivity index (χ0) is 25.1. The summed E-state index contributed by atoms with van der Waals surface area (Å²) in [6.45, 7) is 0. The number of carbonyl (C=O) groups is 2. The number of esters is 2. The van der Waals surface area contributed by atoms with Crippen LogP contribution in [0.25, 0.3) is 0 Å². The summed E-state index contributed by atoms with van der Waals surface area (Å²) < 4.78 is 31.6. The summed E-state index contributed by atoms with van der Waals surface area (Å²) in [5.41, 5.74) is 1.78. The molecule has 0 unspecified atom stereocenters. The Labute approximate surface area is 201 Å². The summed E-state index contributed by atoms with van der Waals surface area (Å²) >= 11 is 0. The van der Waals surface area contributed by atoms with Gasteiger partial charge in [-0.05, 0) is 60.6 Å². The van der Waals surface area contributed by atoms with Crippen LogP contribution in [0.2, 0.25) is 0 Å². The van der Waals surface area contributed by atoms with Crippen LogP contribution in [0.15, 0.2) is 36.4 Å². The van der Waals surface area contributed by atoms with Gasteiger partial charge in [0.05, 0.1) is 48.6 Å². The smallest absolute Gasteiger partial charge is 0.309 e. The van der Waals surface area contributed by atoms with Crippen molar-refractivity contribution in [2.24, 2.45) is 11.8 Å². The number of carbonyl (C=O) groups excluding carboxylic acids is 2. The van der Waals surface area contributed by atoms with Crippen molar-refractivity contribution in [2.45, 2.75) is 25.7 Å². The molecule has 0 bridgehead atoms. The molecule has 0 fully saturated rings. The number of methoxy groups -OCH3 is 6. The highest BCUT2D eigenvalue weighted by molar-refractivity contribution is 5.73. The Kier molecular flexibility index (Phi) is 10.5. The van der Waals surface area contributed by atoms with Gasteiger partial charge in [0.25, 0.3) is 0 Å². The Bertz CT molecular complexity index is 911. The van der Waals surface area contributed by atoms with Crippen molar-refractivity contribution in [3.8, 4) is 23.0 Å². The molecule has 8 heteroatoms. The maximum absolute atomic E-state index is 13.0.